The number of carbonyl (C=O) groups excluding carboxylic acids is 1. The van der Waals surface area contributed by atoms with Crippen molar-refractivity contribution >= 4 is 5.91 Å². The first-order valence-corrected chi connectivity index (χ1v) is 7.63. The molecule has 1 N–H and O–H groups in total. The van der Waals surface area contributed by atoms with E-state index in [0.29, 0.717) is 0 Å². The summed E-state index contributed by atoms with van der Waals surface area (Å²) in [7, 11) is 0. The van der Waals surface area contributed by atoms with Gasteiger partial charge in [-0.25, -0.2) is 0 Å². The van der Waals surface area contributed by atoms with Crippen LogP contribution in [0.3, 0.4) is 0 Å². The van der Waals surface area contributed by atoms with Crippen LogP contribution in [0.1, 0.15) is 52.9 Å². The largest absolute Gasteiger partial charge is 0.356 e. The summed E-state index contributed by atoms with van der Waals surface area (Å²) in [6.45, 7) is 10.9. The van der Waals surface area contributed by atoms with Crippen molar-refractivity contribution in [3.05, 3.63) is 0 Å². The van der Waals surface area contributed by atoms with Gasteiger partial charge in [0.2, 0.25) is 5.91 Å². The second kappa shape index (κ2) is 8.52. The summed E-state index contributed by atoms with van der Waals surface area (Å²) >= 11 is 0. The van der Waals surface area contributed by atoms with Gasteiger partial charge >= 0.3 is 0 Å². The molecule has 0 aliphatic carbocycles. The van der Waals surface area contributed by atoms with Gasteiger partial charge in [-0.1, -0.05) is 27.2 Å². The lowest BCUT2D eigenvalue weighted by molar-refractivity contribution is -0.126. The molecule has 0 atom stereocenters. The van der Waals surface area contributed by atoms with Gasteiger partial charge in [0.15, 0.2) is 0 Å². The van der Waals surface area contributed by atoms with Crippen molar-refractivity contribution in [2.45, 2.75) is 52.9 Å². The third-order valence-corrected chi connectivity index (χ3v) is 3.81. The summed E-state index contributed by atoms with van der Waals surface area (Å²) in [4.78, 5) is 14.4. The van der Waals surface area contributed by atoms with E-state index in [4.69, 9.17) is 0 Å². The van der Waals surface area contributed by atoms with Crippen LogP contribution in [0.25, 0.3) is 0 Å². The molecule has 1 fully saturated rings. The molecule has 0 aromatic rings. The van der Waals surface area contributed by atoms with E-state index in [-0.39, 0.29) is 11.8 Å². The molecule has 3 nitrogen and oxygen atoms in total. The molecule has 106 valence electrons. The first-order valence-electron chi connectivity index (χ1n) is 7.63. The van der Waals surface area contributed by atoms with E-state index < -0.39 is 0 Å². The van der Waals surface area contributed by atoms with Crippen LogP contribution in [0, 0.1) is 11.8 Å². The average Bonchev–Trinajstić information content (AvgIpc) is 2.37. The number of nitrogens with one attached hydrogen (secondary N) is 1. The molecule has 18 heavy (non-hydrogen) atoms. The van der Waals surface area contributed by atoms with Crippen molar-refractivity contribution in [2.24, 2.45) is 11.8 Å². The SMILES string of the molecule is CCCCNC(=O)C1CCN(CCC(C)C)CC1. The van der Waals surface area contributed by atoms with Crippen LogP contribution in [-0.4, -0.2) is 37.0 Å². The molecule has 1 aliphatic rings. The van der Waals surface area contributed by atoms with Crippen molar-refractivity contribution in [3.8, 4) is 0 Å². The van der Waals surface area contributed by atoms with Gasteiger partial charge in [-0.2, -0.15) is 0 Å². The Morgan fingerprint density at radius 1 is 1.33 bits per heavy atom. The molecule has 1 amide bonds. The number of likely N-dealkylation sites (tertiary alicyclic amines) is 1. The van der Waals surface area contributed by atoms with E-state index in [9.17, 15) is 4.79 Å². The first kappa shape index (κ1) is 15.5. The molecule has 0 unspecified atom stereocenters. The monoisotopic (exact) mass is 254 g/mol. The molecule has 1 aliphatic heterocycles. The Bertz CT molecular complexity index is 233. The number of piperidine rings is 1. The molecule has 0 radical (unpaired) electrons. The lowest BCUT2D eigenvalue weighted by atomic mass is 9.95. The van der Waals surface area contributed by atoms with Gasteiger partial charge in [0, 0.05) is 12.5 Å². The Morgan fingerprint density at radius 3 is 2.56 bits per heavy atom. The molecule has 1 heterocycles. The third kappa shape index (κ3) is 5.85. The minimum absolute atomic E-state index is 0.261. The van der Waals surface area contributed by atoms with Crippen LogP contribution in [0.15, 0.2) is 0 Å². The molecule has 0 spiro atoms. The second-order valence-corrected chi connectivity index (χ2v) is 5.94. The van der Waals surface area contributed by atoms with Crippen molar-refractivity contribution in [3.63, 3.8) is 0 Å². The maximum atomic E-state index is 11.9. The number of rotatable bonds is 7. The second-order valence-electron chi connectivity index (χ2n) is 5.94. The van der Waals surface area contributed by atoms with Gasteiger partial charge in [-0.05, 0) is 51.2 Å². The summed E-state index contributed by atoms with van der Waals surface area (Å²) < 4.78 is 0. The van der Waals surface area contributed by atoms with E-state index in [1.165, 1.54) is 13.0 Å². The van der Waals surface area contributed by atoms with Gasteiger partial charge in [-0.15, -0.1) is 0 Å². The smallest absolute Gasteiger partial charge is 0.223 e. The number of unbranched alkanes of at least 4 members (excludes halogenated alkanes) is 1. The molecule has 1 rings (SSSR count). The van der Waals surface area contributed by atoms with Gasteiger partial charge in [0.25, 0.3) is 0 Å². The molecule has 0 aromatic carbocycles. The summed E-state index contributed by atoms with van der Waals surface area (Å²) in [6, 6.07) is 0. The first-order chi connectivity index (χ1) is 8.63. The molecular formula is C15H30N2O. The molecule has 0 aromatic heterocycles. The zero-order valence-electron chi connectivity index (χ0n) is 12.4. The van der Waals surface area contributed by atoms with Crippen LogP contribution in [0.4, 0.5) is 0 Å². The number of hydrogen-bond acceptors (Lipinski definition) is 2. The van der Waals surface area contributed by atoms with Crippen LogP contribution >= 0.6 is 0 Å². The van der Waals surface area contributed by atoms with E-state index >= 15 is 0 Å². The maximum Gasteiger partial charge on any atom is 0.223 e. The van der Waals surface area contributed by atoms with Crippen molar-refractivity contribution in [2.75, 3.05) is 26.2 Å². The van der Waals surface area contributed by atoms with E-state index in [0.717, 1.165) is 51.2 Å². The normalized spacial score (nSPS) is 18.2. The summed E-state index contributed by atoms with van der Waals surface area (Å²) in [6.07, 6.45) is 5.59. The van der Waals surface area contributed by atoms with Gasteiger partial charge in [-0.3, -0.25) is 4.79 Å². The Hall–Kier alpha value is -0.570. The van der Waals surface area contributed by atoms with Crippen molar-refractivity contribution in [1.82, 2.24) is 10.2 Å². The van der Waals surface area contributed by atoms with Crippen LogP contribution in [0.2, 0.25) is 0 Å². The maximum absolute atomic E-state index is 11.9. The molecular weight excluding hydrogens is 224 g/mol. The Morgan fingerprint density at radius 2 is 2.00 bits per heavy atom. The molecule has 0 bridgehead atoms. The predicted octanol–water partition coefficient (Wildman–Crippen LogP) is 2.66. The zero-order chi connectivity index (χ0) is 13.4. The number of nitrogens with zero attached hydrogens (tertiary/aromatic N) is 1. The molecule has 3 heteroatoms. The van der Waals surface area contributed by atoms with Crippen LogP contribution in [-0.2, 0) is 4.79 Å². The fraction of sp³-hybridized carbons (Fsp3) is 0.933. The lowest BCUT2D eigenvalue weighted by Crippen LogP contribution is -2.41. The average molecular weight is 254 g/mol. The highest BCUT2D eigenvalue weighted by Crippen LogP contribution is 2.18. The Balaban J connectivity index is 2.16. The van der Waals surface area contributed by atoms with E-state index in [1.54, 1.807) is 0 Å². The number of amides is 1. The van der Waals surface area contributed by atoms with E-state index in [1.807, 2.05) is 0 Å². The van der Waals surface area contributed by atoms with Gasteiger partial charge in [0.05, 0.1) is 0 Å². The number of hydrogen-bond donors (Lipinski definition) is 1. The zero-order valence-corrected chi connectivity index (χ0v) is 12.4. The van der Waals surface area contributed by atoms with Crippen molar-refractivity contribution in [1.29, 1.82) is 0 Å². The third-order valence-electron chi connectivity index (χ3n) is 3.81. The fourth-order valence-corrected chi connectivity index (χ4v) is 2.39. The van der Waals surface area contributed by atoms with Crippen molar-refractivity contribution < 1.29 is 4.79 Å². The quantitative estimate of drug-likeness (QED) is 0.708. The Labute approximate surface area is 112 Å². The van der Waals surface area contributed by atoms with Crippen LogP contribution < -0.4 is 5.32 Å². The lowest BCUT2D eigenvalue weighted by Gasteiger charge is -2.31. The summed E-state index contributed by atoms with van der Waals surface area (Å²) in [5.74, 6) is 1.32. The fourth-order valence-electron chi connectivity index (χ4n) is 2.39. The molecule has 1 saturated heterocycles. The summed E-state index contributed by atoms with van der Waals surface area (Å²) in [5.41, 5.74) is 0. The standard InChI is InChI=1S/C15H30N2O/c1-4-5-9-16-15(18)14-7-11-17(12-8-14)10-6-13(2)3/h13-14H,4-12H2,1-3H3,(H,16,18). The van der Waals surface area contributed by atoms with Crippen LogP contribution in [0.5, 0.6) is 0 Å². The minimum Gasteiger partial charge on any atom is -0.356 e. The molecule has 0 saturated carbocycles. The van der Waals surface area contributed by atoms with E-state index in [2.05, 4.69) is 31.0 Å². The highest BCUT2D eigenvalue weighted by molar-refractivity contribution is 5.78. The van der Waals surface area contributed by atoms with Gasteiger partial charge < -0.3 is 10.2 Å². The number of carbonyl (C=O) groups is 1. The highest BCUT2D eigenvalue weighted by atomic mass is 16.1. The van der Waals surface area contributed by atoms with Gasteiger partial charge in [0.1, 0.15) is 0 Å². The topological polar surface area (TPSA) is 32.3 Å². The summed E-state index contributed by atoms with van der Waals surface area (Å²) in [5, 5.41) is 3.06. The Kier molecular flexibility index (Phi) is 7.33. The minimum atomic E-state index is 0.261. The predicted molar refractivity (Wildman–Crippen MR) is 76.5 cm³/mol. The highest BCUT2D eigenvalue weighted by Gasteiger charge is 2.24.